The van der Waals surface area contributed by atoms with Crippen molar-refractivity contribution in [2.75, 3.05) is 20.2 Å². The van der Waals surface area contributed by atoms with Crippen LogP contribution >= 0.6 is 0 Å². The highest BCUT2D eigenvalue weighted by Gasteiger charge is 2.20. The molecular weight excluding hydrogens is 338 g/mol. The van der Waals surface area contributed by atoms with Gasteiger partial charge in [0.05, 0.1) is 35.6 Å². The van der Waals surface area contributed by atoms with E-state index < -0.39 is 55.7 Å². The second kappa shape index (κ2) is 8.33. The van der Waals surface area contributed by atoms with Crippen LogP contribution in [0.25, 0.3) is 11.0 Å². The molecule has 3 rings (SSSR count). The number of fused-ring (bicyclic) bond motifs is 1. The Kier molecular flexibility index (Phi) is 2.84. The number of H-pyrrole nitrogens is 1. The fourth-order valence-electron chi connectivity index (χ4n) is 2.05. The number of rotatable bonds is 8. The molecule has 0 spiro atoms. The Bertz CT molecular complexity index is 1230. The first kappa shape index (κ1) is 8.53. The molecular formula is C18H21N3O3S. The molecule has 0 bridgehead atoms. The molecule has 3 aromatic rings. The average Bonchev–Trinajstić information content (AvgIpc) is 3.17. The molecule has 0 fully saturated rings. The topological polar surface area (TPSA) is 83.1 Å². The van der Waals surface area contributed by atoms with Gasteiger partial charge in [0.15, 0.2) is 5.75 Å². The van der Waals surface area contributed by atoms with E-state index in [1.54, 1.807) is 24.3 Å². The zero-order chi connectivity index (χ0) is 27.3. The smallest absolute Gasteiger partial charge is 0.322 e. The van der Waals surface area contributed by atoms with E-state index >= 15 is 0 Å². The summed E-state index contributed by atoms with van der Waals surface area (Å²) in [6, 6.07) is 6.23. The molecule has 0 aliphatic rings. The molecule has 25 heavy (non-hydrogen) atoms. The number of ether oxygens (including phenoxy) is 2. The molecule has 0 saturated carbocycles. The summed E-state index contributed by atoms with van der Waals surface area (Å²) in [6.07, 6.45) is -4.39. The van der Waals surface area contributed by atoms with Crippen LogP contribution in [0.3, 0.4) is 0 Å². The summed E-state index contributed by atoms with van der Waals surface area (Å²) in [7, 11) is -3.39. The van der Waals surface area contributed by atoms with Crippen molar-refractivity contribution in [2.24, 2.45) is 0 Å². The zero-order valence-corrected chi connectivity index (χ0v) is 13.9. The molecule has 0 amide bonds. The van der Waals surface area contributed by atoms with E-state index in [0.29, 0.717) is 11.0 Å². The van der Waals surface area contributed by atoms with Crippen LogP contribution < -0.4 is 4.74 Å². The van der Waals surface area contributed by atoms with Crippen molar-refractivity contribution in [2.45, 2.75) is 24.2 Å². The minimum Gasteiger partial charge on any atom is -0.609 e. The molecule has 0 radical (unpaired) electrons. The number of nitrogens with one attached hydrogen (secondary N) is 1. The number of imidazole rings is 1. The maximum atomic E-state index is 12.9. The van der Waals surface area contributed by atoms with E-state index in [2.05, 4.69) is 19.7 Å². The minimum atomic E-state index is -3.70. The van der Waals surface area contributed by atoms with Gasteiger partial charge in [0, 0.05) is 45.6 Å². The van der Waals surface area contributed by atoms with Crippen LogP contribution in [0.4, 0.5) is 0 Å². The van der Waals surface area contributed by atoms with Gasteiger partial charge < -0.3 is 14.0 Å². The molecule has 1 atom stereocenters. The third kappa shape index (κ3) is 4.31. The van der Waals surface area contributed by atoms with Crippen molar-refractivity contribution in [3.8, 4) is 5.75 Å². The van der Waals surface area contributed by atoms with Gasteiger partial charge >= 0.3 is 5.16 Å². The molecule has 0 aliphatic heterocycles. The molecule has 2 aromatic heterocycles. The van der Waals surface area contributed by atoms with Gasteiger partial charge in [-0.05, 0) is 25.1 Å². The molecule has 132 valence electrons. The lowest BCUT2D eigenvalue weighted by Crippen LogP contribution is -2.10. The van der Waals surface area contributed by atoms with Crippen LogP contribution in [0.5, 0.6) is 5.75 Å². The van der Waals surface area contributed by atoms with Gasteiger partial charge in [0.25, 0.3) is 0 Å². The number of para-hydroxylation sites is 2. The molecule has 1 aromatic carbocycles. The van der Waals surface area contributed by atoms with Crippen LogP contribution in [-0.4, -0.2) is 39.7 Å². The first-order valence-electron chi connectivity index (χ1n) is 12.6. The highest BCUT2D eigenvalue weighted by molar-refractivity contribution is 7.90. The summed E-state index contributed by atoms with van der Waals surface area (Å²) in [5.41, 5.74) is 1.14. The van der Waals surface area contributed by atoms with E-state index in [-0.39, 0.29) is 22.2 Å². The van der Waals surface area contributed by atoms with Crippen molar-refractivity contribution < 1.29 is 29.1 Å². The van der Waals surface area contributed by atoms with E-state index in [1.165, 1.54) is 6.92 Å². The number of methoxy groups -OCH3 is 1. The Hall–Kier alpha value is -2.09. The van der Waals surface area contributed by atoms with Crippen LogP contribution in [0, 0.1) is 6.92 Å². The first-order chi connectivity index (χ1) is 16.4. The Balaban J connectivity index is 1.94. The number of aromatic nitrogens is 3. The number of hydrogen-bond acceptors (Lipinski definition) is 5. The summed E-state index contributed by atoms with van der Waals surface area (Å²) >= 11 is -1.81. The summed E-state index contributed by atoms with van der Waals surface area (Å²) in [5.74, 6) is -0.960. The van der Waals surface area contributed by atoms with Gasteiger partial charge in [0.1, 0.15) is 5.75 Å². The molecule has 2 heterocycles. The van der Waals surface area contributed by atoms with Crippen molar-refractivity contribution in [3.63, 3.8) is 0 Å². The van der Waals surface area contributed by atoms with Crippen molar-refractivity contribution in [1.82, 2.24) is 15.0 Å². The Morgan fingerprint density at radius 3 is 3.12 bits per heavy atom. The quantitative estimate of drug-likeness (QED) is 0.616. The molecule has 1 N–H and O–H groups in total. The minimum absolute atomic E-state index is 0.0251. The zero-order valence-electron chi connectivity index (χ0n) is 24.0. The summed E-state index contributed by atoms with van der Waals surface area (Å²) in [5, 5.41) is 0.114. The summed E-state index contributed by atoms with van der Waals surface area (Å²) in [6.45, 7) is -5.93. The molecule has 7 heteroatoms. The van der Waals surface area contributed by atoms with Gasteiger partial charge in [-0.25, -0.2) is 0 Å². The maximum absolute atomic E-state index is 12.9. The Labute approximate surface area is 165 Å². The summed E-state index contributed by atoms with van der Waals surface area (Å²) in [4.78, 5) is 11.1. The lowest BCUT2D eigenvalue weighted by atomic mass is 10.2. The van der Waals surface area contributed by atoms with Gasteiger partial charge in [-0.3, -0.25) is 9.97 Å². The van der Waals surface area contributed by atoms with E-state index in [1.807, 2.05) is 0 Å². The van der Waals surface area contributed by atoms with Crippen LogP contribution in [0.15, 0.2) is 41.6 Å². The van der Waals surface area contributed by atoms with Gasteiger partial charge in [-0.2, -0.15) is 4.98 Å². The van der Waals surface area contributed by atoms with Crippen LogP contribution in [-0.2, 0) is 21.7 Å². The monoisotopic (exact) mass is 370 g/mol. The van der Waals surface area contributed by atoms with E-state index in [0.717, 1.165) is 0 Å². The lowest BCUT2D eigenvalue weighted by molar-refractivity contribution is 0.172. The predicted molar refractivity (Wildman–Crippen MR) is 97.2 cm³/mol. The van der Waals surface area contributed by atoms with Gasteiger partial charge in [-0.15, -0.1) is 0 Å². The summed E-state index contributed by atoms with van der Waals surface area (Å²) < 4.78 is 106. The Morgan fingerprint density at radius 2 is 2.28 bits per heavy atom. The SMILES string of the molecule is [2H]c1nc(C[S+]([O-])c2nc3ccccc3[nH]2)c(C)c(OC([2H])([2H])C([2H])([2H])C([2H])([2H])OC([2H])([2H])[2H])c1[2H]. The number of benzene rings is 1. The second-order valence-electron chi connectivity index (χ2n) is 4.83. The highest BCUT2D eigenvalue weighted by Crippen LogP contribution is 2.24. The predicted octanol–water partition coefficient (Wildman–Crippen LogP) is 2.99. The van der Waals surface area contributed by atoms with Gasteiger partial charge in [0.2, 0.25) is 0 Å². The standard InChI is InChI=1S/C18H21N3O3S/c1-13-16(19-9-8-17(13)24-11-5-10-23-2)12-25(22)18-20-14-6-3-4-7-15(14)21-18/h3-4,6-9H,5,10-12H2,1-2H3,(H,20,21)/i2D3,5D2,8D,9D,10D2,11D2. The number of hydrogen-bond donors (Lipinski definition) is 1. The van der Waals surface area contributed by atoms with Crippen molar-refractivity contribution in [3.05, 3.63) is 47.7 Å². The fraction of sp³-hybridized carbons (Fsp3) is 0.333. The fourth-order valence-corrected chi connectivity index (χ4v) is 3.14. The lowest BCUT2D eigenvalue weighted by Gasteiger charge is -2.12. The third-order valence-electron chi connectivity index (χ3n) is 3.29. The average molecular weight is 371 g/mol. The largest absolute Gasteiger partial charge is 0.609 e. The van der Waals surface area contributed by atoms with Crippen LogP contribution in [0.1, 0.15) is 32.7 Å². The van der Waals surface area contributed by atoms with Crippen molar-refractivity contribution in [1.29, 1.82) is 0 Å². The Morgan fingerprint density at radius 1 is 1.40 bits per heavy atom. The third-order valence-corrected chi connectivity index (χ3v) is 4.45. The van der Waals surface area contributed by atoms with E-state index in [9.17, 15) is 4.55 Å². The van der Waals surface area contributed by atoms with Gasteiger partial charge in [-0.1, -0.05) is 12.1 Å². The number of pyridine rings is 1. The highest BCUT2D eigenvalue weighted by atomic mass is 32.2. The first-order valence-corrected chi connectivity index (χ1v) is 8.37. The normalized spacial score (nSPS) is 21.1. The van der Waals surface area contributed by atoms with Crippen molar-refractivity contribution >= 4 is 22.2 Å². The molecule has 0 saturated heterocycles. The maximum Gasteiger partial charge on any atom is 0.322 e. The number of nitrogens with zero attached hydrogens (tertiary/aromatic N) is 2. The van der Waals surface area contributed by atoms with E-state index in [4.69, 9.17) is 19.8 Å². The molecule has 0 aliphatic carbocycles. The second-order valence-corrected chi connectivity index (χ2v) is 6.20. The number of aromatic amines is 1. The molecule has 1 unspecified atom stereocenters. The molecule has 6 nitrogen and oxygen atoms in total. The van der Waals surface area contributed by atoms with Crippen LogP contribution in [0.2, 0.25) is 0 Å².